The minimum absolute atomic E-state index is 0.0176. The highest BCUT2D eigenvalue weighted by Gasteiger charge is 2.36. The number of rotatable bonds is 8. The Morgan fingerprint density at radius 1 is 1.07 bits per heavy atom. The molecule has 0 aliphatic heterocycles. The quantitative estimate of drug-likeness (QED) is 0.246. The molecule has 0 saturated carbocycles. The molecular formula is C21H21N2O6S. The fourth-order valence-electron chi connectivity index (χ4n) is 2.55. The second-order valence-corrected chi connectivity index (χ2v) is 8.22. The van der Waals surface area contributed by atoms with E-state index in [-0.39, 0.29) is 24.5 Å². The molecule has 0 fully saturated rings. The van der Waals surface area contributed by atoms with E-state index in [0.29, 0.717) is 9.87 Å². The van der Waals surface area contributed by atoms with Crippen molar-refractivity contribution in [3.8, 4) is 11.8 Å². The van der Waals surface area contributed by atoms with Gasteiger partial charge in [-0.1, -0.05) is 29.5 Å². The molecule has 1 atom stereocenters. The summed E-state index contributed by atoms with van der Waals surface area (Å²) in [7, 11) is -4.29. The van der Waals surface area contributed by atoms with Gasteiger partial charge in [0.1, 0.15) is 0 Å². The van der Waals surface area contributed by atoms with E-state index in [1.165, 1.54) is 36.0 Å². The molecule has 0 aliphatic carbocycles. The van der Waals surface area contributed by atoms with Gasteiger partial charge in [-0.25, -0.2) is 13.9 Å². The van der Waals surface area contributed by atoms with E-state index in [0.717, 1.165) is 11.1 Å². The van der Waals surface area contributed by atoms with Crippen LogP contribution in [-0.4, -0.2) is 54.4 Å². The number of benzene rings is 2. The lowest BCUT2D eigenvalue weighted by Crippen LogP contribution is -2.50. The molecule has 0 heterocycles. The number of carbonyl (C=O) groups is 1. The largest absolute Gasteiger partial charge is 0.396 e. The summed E-state index contributed by atoms with van der Waals surface area (Å²) in [6.07, 6.45) is 1.29. The summed E-state index contributed by atoms with van der Waals surface area (Å²) >= 11 is 0. The van der Waals surface area contributed by atoms with Crippen molar-refractivity contribution < 1.29 is 28.3 Å². The van der Waals surface area contributed by atoms with E-state index in [2.05, 4.69) is 11.8 Å². The van der Waals surface area contributed by atoms with Crippen LogP contribution < -0.4 is 5.48 Å². The van der Waals surface area contributed by atoms with E-state index in [9.17, 15) is 18.0 Å². The van der Waals surface area contributed by atoms with Crippen molar-refractivity contribution in [3.05, 3.63) is 65.2 Å². The first kappa shape index (κ1) is 23.3. The lowest BCUT2D eigenvalue weighted by Gasteiger charge is -2.25. The van der Waals surface area contributed by atoms with E-state index >= 15 is 0 Å². The third-order valence-electron chi connectivity index (χ3n) is 4.16. The zero-order valence-corrected chi connectivity index (χ0v) is 17.0. The lowest BCUT2D eigenvalue weighted by atomic mass is 10.1. The maximum atomic E-state index is 12.9. The summed E-state index contributed by atoms with van der Waals surface area (Å²) in [5.41, 5.74) is 3.75. The number of hydrogen-bond acceptors (Lipinski definition) is 6. The summed E-state index contributed by atoms with van der Waals surface area (Å²) in [6.45, 7) is 1.30. The minimum Gasteiger partial charge on any atom is -0.396 e. The van der Waals surface area contributed by atoms with Crippen molar-refractivity contribution >= 4 is 22.2 Å². The van der Waals surface area contributed by atoms with Crippen molar-refractivity contribution in [1.82, 2.24) is 9.79 Å². The molecule has 0 bridgehead atoms. The molecule has 0 aromatic heterocycles. The highest BCUT2D eigenvalue weighted by atomic mass is 32.2. The summed E-state index contributed by atoms with van der Waals surface area (Å²) in [5.74, 6) is 4.67. The van der Waals surface area contributed by atoms with Gasteiger partial charge in [0, 0.05) is 24.3 Å². The van der Waals surface area contributed by atoms with Crippen molar-refractivity contribution in [2.45, 2.75) is 24.3 Å². The first-order valence-corrected chi connectivity index (χ1v) is 10.4. The second-order valence-electron chi connectivity index (χ2n) is 6.33. The molecule has 2 rings (SSSR count). The lowest BCUT2D eigenvalue weighted by molar-refractivity contribution is -0.131. The molecule has 1 radical (unpaired) electrons. The van der Waals surface area contributed by atoms with Crippen molar-refractivity contribution in [3.63, 3.8) is 0 Å². The van der Waals surface area contributed by atoms with Gasteiger partial charge in [-0.2, -0.15) is 4.31 Å². The Hall–Kier alpha value is -3.03. The van der Waals surface area contributed by atoms with E-state index in [1.54, 1.807) is 0 Å². The van der Waals surface area contributed by atoms with Crippen molar-refractivity contribution in [1.29, 1.82) is 0 Å². The Labute approximate surface area is 175 Å². The molecule has 2 aromatic carbocycles. The van der Waals surface area contributed by atoms with Gasteiger partial charge in [0.25, 0.3) is 5.91 Å². The Balaban J connectivity index is 2.31. The van der Waals surface area contributed by atoms with Gasteiger partial charge >= 0.3 is 0 Å². The molecule has 30 heavy (non-hydrogen) atoms. The monoisotopic (exact) mass is 429 g/mol. The van der Waals surface area contributed by atoms with Crippen LogP contribution in [0.5, 0.6) is 0 Å². The second kappa shape index (κ2) is 10.7. The average molecular weight is 429 g/mol. The average Bonchev–Trinajstić information content (AvgIpc) is 2.76. The Morgan fingerprint density at radius 2 is 1.60 bits per heavy atom. The molecular weight excluding hydrogens is 408 g/mol. The van der Waals surface area contributed by atoms with Crippen LogP contribution in [0.4, 0.5) is 0 Å². The molecule has 1 amide bonds. The SMILES string of the molecule is Cc1ccc(C#Cc2ccc(S(=O)(=O)N(CCCO)[C@@H]([C]=O)C(=O)NO)cc2)cc1. The number of nitrogens with zero attached hydrogens (tertiary/aromatic N) is 1. The van der Waals surface area contributed by atoms with Crippen LogP contribution in [-0.2, 0) is 19.6 Å². The zero-order chi connectivity index (χ0) is 22.1. The summed E-state index contributed by atoms with van der Waals surface area (Å²) in [4.78, 5) is 22.7. The smallest absolute Gasteiger partial charge is 0.269 e. The normalized spacial score (nSPS) is 12.0. The highest BCUT2D eigenvalue weighted by molar-refractivity contribution is 7.89. The number of aryl methyl sites for hydroxylation is 1. The van der Waals surface area contributed by atoms with Crippen LogP contribution in [0.3, 0.4) is 0 Å². The third-order valence-corrected chi connectivity index (χ3v) is 6.04. The van der Waals surface area contributed by atoms with Gasteiger partial charge in [0.15, 0.2) is 6.04 Å². The number of sulfonamides is 1. The number of hydrogen-bond donors (Lipinski definition) is 3. The predicted octanol–water partition coefficient (Wildman–Crippen LogP) is 0.752. The molecule has 8 nitrogen and oxygen atoms in total. The van der Waals surface area contributed by atoms with Crippen LogP contribution in [0, 0.1) is 18.8 Å². The number of carbonyl (C=O) groups excluding carboxylic acids is 2. The topological polar surface area (TPSA) is 124 Å². The van der Waals surface area contributed by atoms with Gasteiger partial charge in [0.2, 0.25) is 16.3 Å². The Morgan fingerprint density at radius 3 is 2.07 bits per heavy atom. The zero-order valence-electron chi connectivity index (χ0n) is 16.2. The number of aliphatic hydroxyl groups excluding tert-OH is 1. The molecule has 9 heteroatoms. The standard InChI is InChI=1S/C21H21N2O6S/c1-16-3-5-17(6-4-16)7-8-18-9-11-19(12-10-18)30(28,29)23(13-2-14-24)20(15-25)21(26)22-27/h3-6,9-12,20,24,27H,2,13-14H2,1H3,(H,22,26)/t20-/m0/s1. The number of nitrogens with one attached hydrogen (secondary N) is 1. The predicted molar refractivity (Wildman–Crippen MR) is 109 cm³/mol. The van der Waals surface area contributed by atoms with Crippen molar-refractivity contribution in [2.24, 2.45) is 0 Å². The van der Waals surface area contributed by atoms with E-state index in [1.807, 2.05) is 31.2 Å². The van der Waals surface area contributed by atoms with Crippen LogP contribution in [0.2, 0.25) is 0 Å². The third kappa shape index (κ3) is 5.75. The molecule has 3 N–H and O–H groups in total. The molecule has 157 valence electrons. The fraction of sp³-hybridized carbons (Fsp3) is 0.238. The summed E-state index contributed by atoms with van der Waals surface area (Å²) in [6, 6.07) is 11.3. The summed E-state index contributed by atoms with van der Waals surface area (Å²) in [5, 5.41) is 17.8. The van der Waals surface area contributed by atoms with Gasteiger partial charge in [-0.3, -0.25) is 14.8 Å². The first-order valence-electron chi connectivity index (χ1n) is 8.96. The molecule has 0 unspecified atom stereocenters. The number of aliphatic hydroxyl groups is 1. The number of amides is 1. The van der Waals surface area contributed by atoms with Crippen molar-refractivity contribution in [2.75, 3.05) is 13.2 Å². The van der Waals surface area contributed by atoms with Crippen LogP contribution in [0.25, 0.3) is 0 Å². The fourth-order valence-corrected chi connectivity index (χ4v) is 4.08. The van der Waals surface area contributed by atoms with Gasteiger partial charge in [-0.05, 0) is 49.7 Å². The van der Waals surface area contributed by atoms with Crippen LogP contribution in [0.1, 0.15) is 23.1 Å². The minimum atomic E-state index is -4.29. The van der Waals surface area contributed by atoms with Crippen LogP contribution in [0.15, 0.2) is 53.4 Å². The molecule has 0 spiro atoms. The first-order chi connectivity index (χ1) is 14.3. The highest BCUT2D eigenvalue weighted by Crippen LogP contribution is 2.19. The number of hydroxylamine groups is 1. The Bertz CT molecular complexity index is 1040. The van der Waals surface area contributed by atoms with Gasteiger partial charge in [-0.15, -0.1) is 0 Å². The van der Waals surface area contributed by atoms with E-state index < -0.39 is 22.0 Å². The van der Waals surface area contributed by atoms with Gasteiger partial charge < -0.3 is 5.11 Å². The molecule has 2 aromatic rings. The Kier molecular flexibility index (Phi) is 8.26. The molecule has 0 aliphatic rings. The molecule has 0 saturated heterocycles. The van der Waals surface area contributed by atoms with Gasteiger partial charge in [0.05, 0.1) is 4.90 Å². The summed E-state index contributed by atoms with van der Waals surface area (Å²) < 4.78 is 26.5. The maximum absolute atomic E-state index is 12.9. The van der Waals surface area contributed by atoms with Crippen LogP contribution >= 0.6 is 0 Å². The maximum Gasteiger partial charge on any atom is 0.269 e. The van der Waals surface area contributed by atoms with E-state index in [4.69, 9.17) is 10.3 Å².